The Hall–Kier alpha value is -1.27. The summed E-state index contributed by atoms with van der Waals surface area (Å²) < 4.78 is 24.7. The van der Waals surface area contributed by atoms with Gasteiger partial charge in [-0.2, -0.15) is 0 Å². The minimum Gasteiger partial charge on any atom is -0.369 e. The molecule has 1 N–H and O–H groups in total. The highest BCUT2D eigenvalue weighted by atomic mass is 32.2. The first-order valence-electron chi connectivity index (χ1n) is 6.53. The van der Waals surface area contributed by atoms with Gasteiger partial charge in [-0.05, 0) is 30.8 Å². The number of hydrogen-bond acceptors (Lipinski definition) is 4. The molecule has 0 bridgehead atoms. The van der Waals surface area contributed by atoms with Crippen molar-refractivity contribution in [3.05, 3.63) is 24.3 Å². The van der Waals surface area contributed by atoms with Gasteiger partial charge in [-0.15, -0.1) is 0 Å². The van der Waals surface area contributed by atoms with E-state index in [0.717, 1.165) is 44.7 Å². The van der Waals surface area contributed by atoms with Gasteiger partial charge in [-0.1, -0.05) is 6.92 Å². The van der Waals surface area contributed by atoms with Crippen LogP contribution in [0.3, 0.4) is 0 Å². The van der Waals surface area contributed by atoms with E-state index in [4.69, 9.17) is 0 Å². The molecular weight excluding hydrogens is 262 g/mol. The summed E-state index contributed by atoms with van der Waals surface area (Å²) >= 11 is 0. The molecule has 0 spiro atoms. The van der Waals surface area contributed by atoms with Crippen LogP contribution in [-0.4, -0.2) is 52.3 Å². The number of nitrogens with one attached hydrogen (secondary N) is 1. The van der Waals surface area contributed by atoms with Crippen molar-refractivity contribution in [1.29, 1.82) is 0 Å². The number of nitrogens with zero attached hydrogens (tertiary/aromatic N) is 2. The molecule has 1 aromatic rings. The third-order valence-corrected chi connectivity index (χ3v) is 3.96. The summed E-state index contributed by atoms with van der Waals surface area (Å²) in [5, 5.41) is 0. The summed E-state index contributed by atoms with van der Waals surface area (Å²) in [6.07, 6.45) is 1.16. The molecule has 19 heavy (non-hydrogen) atoms. The summed E-state index contributed by atoms with van der Waals surface area (Å²) in [6, 6.07) is 7.55. The molecule has 5 nitrogen and oxygen atoms in total. The van der Waals surface area contributed by atoms with Crippen LogP contribution < -0.4 is 9.62 Å². The van der Waals surface area contributed by atoms with Gasteiger partial charge in [0.05, 0.1) is 6.26 Å². The van der Waals surface area contributed by atoms with E-state index in [1.54, 1.807) is 0 Å². The smallest absolute Gasteiger partial charge is 0.229 e. The van der Waals surface area contributed by atoms with Crippen molar-refractivity contribution in [1.82, 2.24) is 4.90 Å². The number of hydrogen-bond donors (Lipinski definition) is 1. The minimum atomic E-state index is -3.20. The van der Waals surface area contributed by atoms with Crippen LogP contribution in [0.2, 0.25) is 0 Å². The van der Waals surface area contributed by atoms with Crippen LogP contribution in [-0.2, 0) is 10.0 Å². The quantitative estimate of drug-likeness (QED) is 0.902. The first-order chi connectivity index (χ1) is 8.98. The summed E-state index contributed by atoms with van der Waals surface area (Å²) in [5.41, 5.74) is 1.76. The molecule has 2 rings (SSSR count). The Kier molecular flexibility index (Phi) is 4.31. The van der Waals surface area contributed by atoms with Crippen molar-refractivity contribution >= 4 is 21.4 Å². The van der Waals surface area contributed by atoms with Gasteiger partial charge >= 0.3 is 0 Å². The normalized spacial score (nSPS) is 17.5. The van der Waals surface area contributed by atoms with Crippen molar-refractivity contribution in [2.75, 3.05) is 48.6 Å². The zero-order valence-corrected chi connectivity index (χ0v) is 12.3. The van der Waals surface area contributed by atoms with Gasteiger partial charge < -0.3 is 9.80 Å². The number of benzene rings is 1. The van der Waals surface area contributed by atoms with E-state index >= 15 is 0 Å². The number of sulfonamides is 1. The second-order valence-corrected chi connectivity index (χ2v) is 6.59. The van der Waals surface area contributed by atoms with Gasteiger partial charge in [0.1, 0.15) is 0 Å². The predicted octanol–water partition coefficient (Wildman–Crippen LogP) is 1.20. The van der Waals surface area contributed by atoms with Crippen LogP contribution in [0.4, 0.5) is 11.4 Å². The van der Waals surface area contributed by atoms with E-state index in [-0.39, 0.29) is 0 Å². The molecule has 106 valence electrons. The first kappa shape index (κ1) is 14.1. The van der Waals surface area contributed by atoms with Crippen LogP contribution in [0, 0.1) is 0 Å². The molecule has 1 aliphatic heterocycles. The van der Waals surface area contributed by atoms with Gasteiger partial charge in [-0.25, -0.2) is 8.42 Å². The highest BCUT2D eigenvalue weighted by Crippen LogP contribution is 2.19. The maximum Gasteiger partial charge on any atom is 0.229 e. The van der Waals surface area contributed by atoms with Crippen LogP contribution in [0.5, 0.6) is 0 Å². The summed E-state index contributed by atoms with van der Waals surface area (Å²) in [4.78, 5) is 4.76. The van der Waals surface area contributed by atoms with Gasteiger partial charge in [0.2, 0.25) is 10.0 Å². The lowest BCUT2D eigenvalue weighted by Gasteiger charge is -2.35. The Morgan fingerprint density at radius 1 is 1.11 bits per heavy atom. The second-order valence-electron chi connectivity index (χ2n) is 4.84. The Bertz CT molecular complexity index is 505. The fraction of sp³-hybridized carbons (Fsp3) is 0.538. The molecule has 0 saturated carbocycles. The van der Waals surface area contributed by atoms with E-state index in [1.165, 1.54) is 0 Å². The number of anilines is 2. The third kappa shape index (κ3) is 4.11. The van der Waals surface area contributed by atoms with Crippen molar-refractivity contribution < 1.29 is 8.42 Å². The van der Waals surface area contributed by atoms with E-state index < -0.39 is 10.0 Å². The zero-order chi connectivity index (χ0) is 13.9. The lowest BCUT2D eigenvalue weighted by molar-refractivity contribution is 0.271. The lowest BCUT2D eigenvalue weighted by atomic mass is 10.2. The molecule has 0 radical (unpaired) electrons. The SMILES string of the molecule is CCN1CCN(c2ccc(NS(C)(=O)=O)cc2)CC1. The lowest BCUT2D eigenvalue weighted by Crippen LogP contribution is -2.46. The van der Waals surface area contributed by atoms with Crippen LogP contribution in [0.25, 0.3) is 0 Å². The van der Waals surface area contributed by atoms with Crippen molar-refractivity contribution in [3.8, 4) is 0 Å². The summed E-state index contributed by atoms with van der Waals surface area (Å²) in [7, 11) is -3.20. The molecule has 1 heterocycles. The van der Waals surface area contributed by atoms with Crippen LogP contribution in [0.1, 0.15) is 6.92 Å². The largest absolute Gasteiger partial charge is 0.369 e. The second kappa shape index (κ2) is 5.79. The molecule has 6 heteroatoms. The van der Waals surface area contributed by atoms with Crippen molar-refractivity contribution in [2.45, 2.75) is 6.92 Å². The topological polar surface area (TPSA) is 52.6 Å². The van der Waals surface area contributed by atoms with Crippen LogP contribution >= 0.6 is 0 Å². The highest BCUT2D eigenvalue weighted by Gasteiger charge is 2.15. The molecule has 0 amide bonds. The Labute approximate surface area is 115 Å². The van der Waals surface area contributed by atoms with Gasteiger partial charge in [0.25, 0.3) is 0 Å². The Balaban J connectivity index is 1.99. The molecule has 0 atom stereocenters. The Morgan fingerprint density at radius 2 is 1.68 bits per heavy atom. The van der Waals surface area contributed by atoms with E-state index in [0.29, 0.717) is 5.69 Å². The number of likely N-dealkylation sites (N-methyl/N-ethyl adjacent to an activating group) is 1. The molecular formula is C13H21N3O2S. The number of rotatable bonds is 4. The summed E-state index contributed by atoms with van der Waals surface area (Å²) in [6.45, 7) is 7.49. The molecule has 1 aliphatic rings. The van der Waals surface area contributed by atoms with Gasteiger partial charge in [-0.3, -0.25) is 4.72 Å². The predicted molar refractivity (Wildman–Crippen MR) is 79.2 cm³/mol. The van der Waals surface area contributed by atoms with Crippen molar-refractivity contribution in [2.24, 2.45) is 0 Å². The number of piperazine rings is 1. The molecule has 1 fully saturated rings. The van der Waals surface area contributed by atoms with Crippen LogP contribution in [0.15, 0.2) is 24.3 Å². The zero-order valence-electron chi connectivity index (χ0n) is 11.5. The average molecular weight is 283 g/mol. The minimum absolute atomic E-state index is 0.610. The van der Waals surface area contributed by atoms with E-state index in [9.17, 15) is 8.42 Å². The first-order valence-corrected chi connectivity index (χ1v) is 8.42. The summed E-state index contributed by atoms with van der Waals surface area (Å²) in [5.74, 6) is 0. The van der Waals surface area contributed by atoms with Crippen molar-refractivity contribution in [3.63, 3.8) is 0 Å². The fourth-order valence-corrected chi connectivity index (χ4v) is 2.84. The monoisotopic (exact) mass is 283 g/mol. The molecule has 0 aliphatic carbocycles. The fourth-order valence-electron chi connectivity index (χ4n) is 2.28. The van der Waals surface area contributed by atoms with Gasteiger partial charge in [0.15, 0.2) is 0 Å². The molecule has 1 aromatic carbocycles. The van der Waals surface area contributed by atoms with E-state index in [2.05, 4.69) is 21.4 Å². The third-order valence-electron chi connectivity index (χ3n) is 3.36. The van der Waals surface area contributed by atoms with Gasteiger partial charge in [0, 0.05) is 37.6 Å². The average Bonchev–Trinajstić information content (AvgIpc) is 2.38. The Morgan fingerprint density at radius 3 is 2.16 bits per heavy atom. The maximum absolute atomic E-state index is 11.1. The van der Waals surface area contributed by atoms with E-state index in [1.807, 2.05) is 24.3 Å². The highest BCUT2D eigenvalue weighted by molar-refractivity contribution is 7.92. The molecule has 0 aromatic heterocycles. The maximum atomic E-state index is 11.1. The molecule has 1 saturated heterocycles. The standard InChI is InChI=1S/C13H21N3O2S/c1-3-15-8-10-16(11-9-15)13-6-4-12(5-7-13)14-19(2,17)18/h4-7,14H,3,8-11H2,1-2H3. The molecule has 0 unspecified atom stereocenters.